The lowest BCUT2D eigenvalue weighted by atomic mass is 10.2. The number of aromatic nitrogens is 6. The molecule has 0 aliphatic heterocycles. The molecule has 1 aromatic carbocycles. The predicted octanol–water partition coefficient (Wildman–Crippen LogP) is 1.68. The number of fused-ring (bicyclic) bond motifs is 3. The first kappa shape index (κ1) is 10.2. The predicted molar refractivity (Wildman–Crippen MR) is 70.5 cm³/mol. The standard InChI is InChI=1S/C13H10N6/c1-2-4-11-10(3-1)13-12(5-15-11)16-8-18(13)9-19-7-14-6-17-19/h1-8H,9H2. The average molecular weight is 250 g/mol. The molecule has 0 unspecified atom stereocenters. The van der Waals surface area contributed by atoms with Gasteiger partial charge >= 0.3 is 0 Å². The Balaban J connectivity index is 1.98. The molecule has 0 N–H and O–H groups in total. The third-order valence-corrected chi connectivity index (χ3v) is 3.11. The summed E-state index contributed by atoms with van der Waals surface area (Å²) in [6, 6.07) is 8.06. The van der Waals surface area contributed by atoms with Gasteiger partial charge in [-0.3, -0.25) is 4.98 Å². The van der Waals surface area contributed by atoms with Crippen molar-refractivity contribution in [2.75, 3.05) is 0 Å². The summed E-state index contributed by atoms with van der Waals surface area (Å²) in [5.41, 5.74) is 2.93. The van der Waals surface area contributed by atoms with Gasteiger partial charge in [-0.15, -0.1) is 0 Å². The van der Waals surface area contributed by atoms with Crippen molar-refractivity contribution in [2.24, 2.45) is 0 Å². The fourth-order valence-corrected chi connectivity index (χ4v) is 2.27. The van der Waals surface area contributed by atoms with Crippen LogP contribution in [0.1, 0.15) is 0 Å². The molecule has 6 nitrogen and oxygen atoms in total. The van der Waals surface area contributed by atoms with E-state index in [9.17, 15) is 0 Å². The smallest absolute Gasteiger partial charge is 0.137 e. The van der Waals surface area contributed by atoms with Crippen LogP contribution in [0.2, 0.25) is 0 Å². The lowest BCUT2D eigenvalue weighted by Gasteiger charge is -2.05. The zero-order chi connectivity index (χ0) is 12.7. The van der Waals surface area contributed by atoms with Gasteiger partial charge in [-0.2, -0.15) is 5.10 Å². The highest BCUT2D eigenvalue weighted by Crippen LogP contribution is 2.22. The molecular formula is C13H10N6. The van der Waals surface area contributed by atoms with Crippen LogP contribution in [0.5, 0.6) is 0 Å². The monoisotopic (exact) mass is 250 g/mol. The van der Waals surface area contributed by atoms with Crippen LogP contribution < -0.4 is 0 Å². The molecule has 0 radical (unpaired) electrons. The van der Waals surface area contributed by atoms with Crippen LogP contribution in [0.3, 0.4) is 0 Å². The van der Waals surface area contributed by atoms with E-state index in [4.69, 9.17) is 0 Å². The first-order valence-electron chi connectivity index (χ1n) is 5.93. The van der Waals surface area contributed by atoms with Gasteiger partial charge in [-0.05, 0) is 6.07 Å². The zero-order valence-electron chi connectivity index (χ0n) is 10.0. The number of benzene rings is 1. The summed E-state index contributed by atoms with van der Waals surface area (Å²) in [7, 11) is 0. The molecule has 92 valence electrons. The van der Waals surface area contributed by atoms with Gasteiger partial charge in [0.25, 0.3) is 0 Å². The van der Waals surface area contributed by atoms with Crippen LogP contribution in [-0.2, 0) is 6.67 Å². The first-order chi connectivity index (χ1) is 9.42. The molecule has 0 fully saturated rings. The fourth-order valence-electron chi connectivity index (χ4n) is 2.27. The summed E-state index contributed by atoms with van der Waals surface area (Å²) in [5.74, 6) is 0. The lowest BCUT2D eigenvalue weighted by molar-refractivity contribution is 0.558. The molecule has 19 heavy (non-hydrogen) atoms. The highest BCUT2D eigenvalue weighted by molar-refractivity contribution is 6.01. The SMILES string of the molecule is c1ccc2c(c1)ncc1ncn(Cn3cncn3)c12. The number of pyridine rings is 1. The number of rotatable bonds is 2. The minimum absolute atomic E-state index is 0.588. The number of nitrogens with zero attached hydrogens (tertiary/aromatic N) is 6. The minimum Gasteiger partial charge on any atom is -0.309 e. The topological polar surface area (TPSA) is 61.4 Å². The Labute approximate surface area is 108 Å². The van der Waals surface area contributed by atoms with E-state index >= 15 is 0 Å². The molecule has 0 aliphatic carbocycles. The van der Waals surface area contributed by atoms with E-state index in [0.29, 0.717) is 6.67 Å². The van der Waals surface area contributed by atoms with Gasteiger partial charge in [0.15, 0.2) is 0 Å². The van der Waals surface area contributed by atoms with Crippen LogP contribution in [0.25, 0.3) is 21.9 Å². The third kappa shape index (κ3) is 1.57. The maximum atomic E-state index is 4.41. The van der Waals surface area contributed by atoms with E-state index in [1.165, 1.54) is 6.33 Å². The van der Waals surface area contributed by atoms with E-state index in [-0.39, 0.29) is 0 Å². The zero-order valence-corrected chi connectivity index (χ0v) is 10.0. The summed E-state index contributed by atoms with van der Waals surface area (Å²) < 4.78 is 3.81. The van der Waals surface area contributed by atoms with Crippen molar-refractivity contribution in [1.29, 1.82) is 0 Å². The highest BCUT2D eigenvalue weighted by Gasteiger charge is 2.08. The van der Waals surface area contributed by atoms with E-state index in [0.717, 1.165) is 21.9 Å². The summed E-state index contributed by atoms with van der Waals surface area (Å²) in [5, 5.41) is 5.21. The normalized spacial score (nSPS) is 11.4. The van der Waals surface area contributed by atoms with Crippen molar-refractivity contribution >= 4 is 21.9 Å². The van der Waals surface area contributed by atoms with Crippen molar-refractivity contribution in [1.82, 2.24) is 29.3 Å². The summed E-state index contributed by atoms with van der Waals surface area (Å²) >= 11 is 0. The van der Waals surface area contributed by atoms with Crippen LogP contribution >= 0.6 is 0 Å². The van der Waals surface area contributed by atoms with Crippen LogP contribution in [0.15, 0.2) is 49.4 Å². The quantitative estimate of drug-likeness (QED) is 0.543. The molecule has 4 aromatic rings. The molecule has 6 heteroatoms. The molecular weight excluding hydrogens is 240 g/mol. The Kier molecular flexibility index (Phi) is 2.08. The Bertz CT molecular complexity index is 846. The second-order valence-corrected chi connectivity index (χ2v) is 4.30. The maximum Gasteiger partial charge on any atom is 0.137 e. The Morgan fingerprint density at radius 2 is 1.95 bits per heavy atom. The Hall–Kier alpha value is -2.76. The second-order valence-electron chi connectivity index (χ2n) is 4.30. The molecule has 0 amide bonds. The lowest BCUT2D eigenvalue weighted by Crippen LogP contribution is -2.07. The second kappa shape index (κ2) is 3.88. The van der Waals surface area contributed by atoms with Crippen molar-refractivity contribution in [3.05, 3.63) is 49.4 Å². The van der Waals surface area contributed by atoms with Crippen molar-refractivity contribution in [3.8, 4) is 0 Å². The maximum absolute atomic E-state index is 4.41. The van der Waals surface area contributed by atoms with Crippen LogP contribution in [0, 0.1) is 0 Å². The first-order valence-corrected chi connectivity index (χ1v) is 5.93. The van der Waals surface area contributed by atoms with Gasteiger partial charge in [0.05, 0.1) is 23.6 Å². The number of hydrogen-bond acceptors (Lipinski definition) is 4. The molecule has 0 atom stereocenters. The van der Waals surface area contributed by atoms with Crippen molar-refractivity contribution in [3.63, 3.8) is 0 Å². The largest absolute Gasteiger partial charge is 0.309 e. The molecule has 0 bridgehead atoms. The van der Waals surface area contributed by atoms with Crippen LogP contribution in [0.4, 0.5) is 0 Å². The summed E-state index contributed by atoms with van der Waals surface area (Å²) in [6.07, 6.45) is 6.82. The van der Waals surface area contributed by atoms with Gasteiger partial charge in [-0.1, -0.05) is 18.2 Å². The number of imidazole rings is 1. The molecule has 0 aliphatic rings. The fraction of sp³-hybridized carbons (Fsp3) is 0.0769. The molecule has 0 saturated heterocycles. The van der Waals surface area contributed by atoms with Gasteiger partial charge in [0, 0.05) is 5.39 Å². The number of hydrogen-bond donors (Lipinski definition) is 0. The van der Waals surface area contributed by atoms with E-state index in [1.54, 1.807) is 23.5 Å². The van der Waals surface area contributed by atoms with E-state index in [1.807, 2.05) is 22.8 Å². The molecule has 0 saturated carbocycles. The Morgan fingerprint density at radius 1 is 1.00 bits per heavy atom. The average Bonchev–Trinajstić information content (AvgIpc) is 3.09. The van der Waals surface area contributed by atoms with Gasteiger partial charge in [0.2, 0.25) is 0 Å². The van der Waals surface area contributed by atoms with E-state index in [2.05, 4.69) is 26.1 Å². The van der Waals surface area contributed by atoms with Crippen molar-refractivity contribution < 1.29 is 0 Å². The molecule has 4 rings (SSSR count). The summed E-state index contributed by atoms with van der Waals surface area (Å²) in [6.45, 7) is 0.588. The van der Waals surface area contributed by atoms with Gasteiger partial charge in [0.1, 0.15) is 24.8 Å². The molecule has 3 aromatic heterocycles. The highest BCUT2D eigenvalue weighted by atomic mass is 15.4. The minimum atomic E-state index is 0.588. The third-order valence-electron chi connectivity index (χ3n) is 3.11. The van der Waals surface area contributed by atoms with E-state index < -0.39 is 0 Å². The van der Waals surface area contributed by atoms with Gasteiger partial charge < -0.3 is 4.57 Å². The Morgan fingerprint density at radius 3 is 2.84 bits per heavy atom. The van der Waals surface area contributed by atoms with Crippen LogP contribution in [-0.4, -0.2) is 29.3 Å². The van der Waals surface area contributed by atoms with Crippen molar-refractivity contribution in [2.45, 2.75) is 6.67 Å². The molecule has 0 spiro atoms. The number of para-hydroxylation sites is 1. The van der Waals surface area contributed by atoms with Gasteiger partial charge in [-0.25, -0.2) is 14.6 Å². The summed E-state index contributed by atoms with van der Waals surface area (Å²) in [4.78, 5) is 12.7. The molecule has 3 heterocycles.